The van der Waals surface area contributed by atoms with E-state index in [9.17, 15) is 4.79 Å². The van der Waals surface area contributed by atoms with E-state index in [0.29, 0.717) is 24.3 Å². The smallest absolute Gasteiger partial charge is 0.224 e. The lowest BCUT2D eigenvalue weighted by molar-refractivity contribution is -0.130. The monoisotopic (exact) mass is 290 g/mol. The molecule has 2 atom stereocenters. The summed E-state index contributed by atoms with van der Waals surface area (Å²) in [7, 11) is 0. The molecule has 0 bridgehead atoms. The first-order valence-electron chi connectivity index (χ1n) is 7.47. The number of benzene rings is 1. The first-order chi connectivity index (χ1) is 9.83. The molecule has 3 rings (SSSR count). The fourth-order valence-electron chi connectivity index (χ4n) is 3.07. The van der Waals surface area contributed by atoms with Gasteiger partial charge in [0.05, 0.1) is 0 Å². The molecule has 108 valence electrons. The molecule has 0 spiro atoms. The Labute approximate surface area is 125 Å². The van der Waals surface area contributed by atoms with Gasteiger partial charge in [0.1, 0.15) is 0 Å². The number of nitrogens with zero attached hydrogens (tertiary/aromatic N) is 1. The van der Waals surface area contributed by atoms with Crippen molar-refractivity contribution in [3.05, 3.63) is 35.9 Å². The number of amides is 1. The van der Waals surface area contributed by atoms with E-state index in [0.717, 1.165) is 31.8 Å². The number of rotatable bonds is 3. The van der Waals surface area contributed by atoms with Crippen molar-refractivity contribution in [2.45, 2.75) is 24.8 Å². The van der Waals surface area contributed by atoms with Crippen LogP contribution in [0.25, 0.3) is 0 Å². The second-order valence-electron chi connectivity index (χ2n) is 5.67. The zero-order chi connectivity index (χ0) is 13.8. The highest BCUT2D eigenvalue weighted by molar-refractivity contribution is 7.99. The Morgan fingerprint density at radius 3 is 2.95 bits per heavy atom. The Morgan fingerprint density at radius 2 is 2.20 bits per heavy atom. The van der Waals surface area contributed by atoms with E-state index in [1.165, 1.54) is 11.3 Å². The molecular weight excluding hydrogens is 268 g/mol. The van der Waals surface area contributed by atoms with Gasteiger partial charge in [-0.15, -0.1) is 0 Å². The van der Waals surface area contributed by atoms with Gasteiger partial charge in [0.15, 0.2) is 0 Å². The molecule has 2 heterocycles. The quantitative estimate of drug-likeness (QED) is 0.925. The van der Waals surface area contributed by atoms with Crippen molar-refractivity contribution in [1.82, 2.24) is 10.2 Å². The summed E-state index contributed by atoms with van der Waals surface area (Å²) in [5, 5.41) is 3.45. The number of likely N-dealkylation sites (tertiary alicyclic amines) is 1. The fourth-order valence-corrected chi connectivity index (χ4v) is 4.02. The molecule has 2 fully saturated rings. The molecule has 2 saturated heterocycles. The largest absolute Gasteiger partial charge is 0.342 e. The highest BCUT2D eigenvalue weighted by Crippen LogP contribution is 2.27. The lowest BCUT2D eigenvalue weighted by Gasteiger charge is -2.25. The van der Waals surface area contributed by atoms with E-state index < -0.39 is 0 Å². The summed E-state index contributed by atoms with van der Waals surface area (Å²) in [5.41, 5.74) is 1.37. The van der Waals surface area contributed by atoms with Gasteiger partial charge in [0, 0.05) is 49.5 Å². The molecule has 2 aliphatic heterocycles. The van der Waals surface area contributed by atoms with E-state index in [1.807, 2.05) is 17.8 Å². The van der Waals surface area contributed by atoms with Crippen molar-refractivity contribution >= 4 is 17.7 Å². The summed E-state index contributed by atoms with van der Waals surface area (Å²) in [5.74, 6) is 3.09. The standard InChI is InChI=1S/C16H22N2OS/c19-16(10-15-12-20-9-7-17-15)18-8-6-14(11-18)13-4-2-1-3-5-13/h1-5,14-15,17H,6-12H2. The van der Waals surface area contributed by atoms with Gasteiger partial charge in [-0.1, -0.05) is 30.3 Å². The zero-order valence-corrected chi connectivity index (χ0v) is 12.6. The van der Waals surface area contributed by atoms with Gasteiger partial charge >= 0.3 is 0 Å². The van der Waals surface area contributed by atoms with Crippen molar-refractivity contribution in [2.75, 3.05) is 31.1 Å². The van der Waals surface area contributed by atoms with Crippen LogP contribution in [-0.2, 0) is 4.79 Å². The third-order valence-electron chi connectivity index (χ3n) is 4.23. The van der Waals surface area contributed by atoms with Crippen LogP contribution in [-0.4, -0.2) is 48.0 Å². The van der Waals surface area contributed by atoms with Gasteiger partial charge in [-0.25, -0.2) is 0 Å². The van der Waals surface area contributed by atoms with Crippen molar-refractivity contribution in [1.29, 1.82) is 0 Å². The molecule has 2 unspecified atom stereocenters. The van der Waals surface area contributed by atoms with Crippen LogP contribution in [0.2, 0.25) is 0 Å². The third kappa shape index (κ3) is 3.36. The molecule has 1 aromatic rings. The predicted molar refractivity (Wildman–Crippen MR) is 84.1 cm³/mol. The van der Waals surface area contributed by atoms with Crippen LogP contribution >= 0.6 is 11.8 Å². The molecule has 0 aromatic heterocycles. The van der Waals surface area contributed by atoms with Crippen molar-refractivity contribution in [3.8, 4) is 0 Å². The van der Waals surface area contributed by atoms with Gasteiger partial charge in [-0.05, 0) is 12.0 Å². The van der Waals surface area contributed by atoms with E-state index in [2.05, 4.69) is 34.5 Å². The van der Waals surface area contributed by atoms with Crippen molar-refractivity contribution in [3.63, 3.8) is 0 Å². The molecule has 4 heteroatoms. The number of nitrogens with one attached hydrogen (secondary N) is 1. The van der Waals surface area contributed by atoms with Gasteiger partial charge in [0.2, 0.25) is 5.91 Å². The summed E-state index contributed by atoms with van der Waals surface area (Å²) < 4.78 is 0. The Bertz CT molecular complexity index is 445. The lowest BCUT2D eigenvalue weighted by Crippen LogP contribution is -2.42. The summed E-state index contributed by atoms with van der Waals surface area (Å²) in [6.45, 7) is 2.84. The summed E-state index contributed by atoms with van der Waals surface area (Å²) in [4.78, 5) is 14.4. The number of carbonyl (C=O) groups is 1. The molecule has 2 aliphatic rings. The van der Waals surface area contributed by atoms with Crippen LogP contribution in [0.5, 0.6) is 0 Å². The number of hydrogen-bond acceptors (Lipinski definition) is 3. The zero-order valence-electron chi connectivity index (χ0n) is 11.8. The molecule has 1 amide bonds. The Morgan fingerprint density at radius 1 is 1.35 bits per heavy atom. The topological polar surface area (TPSA) is 32.3 Å². The maximum absolute atomic E-state index is 12.4. The van der Waals surface area contributed by atoms with Crippen LogP contribution in [0.4, 0.5) is 0 Å². The molecule has 1 N–H and O–H groups in total. The minimum absolute atomic E-state index is 0.323. The maximum atomic E-state index is 12.4. The van der Waals surface area contributed by atoms with Gasteiger partial charge < -0.3 is 10.2 Å². The van der Waals surface area contributed by atoms with Crippen LogP contribution in [0, 0.1) is 0 Å². The van der Waals surface area contributed by atoms with Crippen LogP contribution in [0.1, 0.15) is 24.3 Å². The van der Waals surface area contributed by atoms with Crippen molar-refractivity contribution < 1.29 is 4.79 Å². The SMILES string of the molecule is O=C(CC1CSCCN1)N1CCC(c2ccccc2)C1. The lowest BCUT2D eigenvalue weighted by atomic mass is 9.99. The summed E-state index contributed by atoms with van der Waals surface area (Å²) >= 11 is 1.95. The fraction of sp³-hybridized carbons (Fsp3) is 0.562. The molecule has 3 nitrogen and oxygen atoms in total. The normalized spacial score (nSPS) is 26.7. The molecule has 0 aliphatic carbocycles. The third-order valence-corrected chi connectivity index (χ3v) is 5.36. The number of carbonyl (C=O) groups excluding carboxylic acids is 1. The van der Waals surface area contributed by atoms with E-state index >= 15 is 0 Å². The predicted octanol–water partition coefficient (Wildman–Crippen LogP) is 2.10. The van der Waals surface area contributed by atoms with Gasteiger partial charge in [-0.3, -0.25) is 4.79 Å². The highest BCUT2D eigenvalue weighted by atomic mass is 32.2. The number of hydrogen-bond donors (Lipinski definition) is 1. The van der Waals surface area contributed by atoms with Gasteiger partial charge in [-0.2, -0.15) is 11.8 Å². The van der Waals surface area contributed by atoms with Crippen LogP contribution in [0.15, 0.2) is 30.3 Å². The highest BCUT2D eigenvalue weighted by Gasteiger charge is 2.28. The first kappa shape index (κ1) is 14.0. The van der Waals surface area contributed by atoms with Gasteiger partial charge in [0.25, 0.3) is 0 Å². The second-order valence-corrected chi connectivity index (χ2v) is 6.82. The van der Waals surface area contributed by atoms with Crippen molar-refractivity contribution in [2.24, 2.45) is 0 Å². The summed E-state index contributed by atoms with van der Waals surface area (Å²) in [6, 6.07) is 11.0. The summed E-state index contributed by atoms with van der Waals surface area (Å²) in [6.07, 6.45) is 1.76. The van der Waals surface area contributed by atoms with E-state index in [1.54, 1.807) is 0 Å². The van der Waals surface area contributed by atoms with E-state index in [4.69, 9.17) is 0 Å². The van der Waals surface area contributed by atoms with Crippen LogP contribution in [0.3, 0.4) is 0 Å². The van der Waals surface area contributed by atoms with Crippen LogP contribution < -0.4 is 5.32 Å². The maximum Gasteiger partial charge on any atom is 0.224 e. The first-order valence-corrected chi connectivity index (χ1v) is 8.62. The van der Waals surface area contributed by atoms with E-state index in [-0.39, 0.29) is 0 Å². The molecule has 1 aromatic carbocycles. The average molecular weight is 290 g/mol. The minimum atomic E-state index is 0.323. The average Bonchev–Trinajstić information content (AvgIpc) is 2.99. The molecule has 0 radical (unpaired) electrons. The Balaban J connectivity index is 1.53. The molecular formula is C16H22N2OS. The second kappa shape index (κ2) is 6.64. The molecule has 0 saturated carbocycles. The minimum Gasteiger partial charge on any atom is -0.342 e. The Hall–Kier alpha value is -1.00. The Kier molecular flexibility index (Phi) is 4.63. The number of thioether (sulfide) groups is 1. The molecule has 20 heavy (non-hydrogen) atoms.